The number of sulfonamides is 1. The van der Waals surface area contributed by atoms with Gasteiger partial charge in [0.05, 0.1) is 4.90 Å². The van der Waals surface area contributed by atoms with Crippen LogP contribution in [0.2, 0.25) is 0 Å². The van der Waals surface area contributed by atoms with E-state index in [2.05, 4.69) is 4.72 Å². The van der Waals surface area contributed by atoms with E-state index < -0.39 is 10.0 Å². The molecule has 22 heavy (non-hydrogen) atoms. The van der Waals surface area contributed by atoms with Crippen LogP contribution in [0.3, 0.4) is 0 Å². The fourth-order valence-electron chi connectivity index (χ4n) is 2.11. The summed E-state index contributed by atoms with van der Waals surface area (Å²) in [6.45, 7) is 4.45. The van der Waals surface area contributed by atoms with E-state index in [1.807, 2.05) is 32.0 Å². The van der Waals surface area contributed by atoms with Gasteiger partial charge in [-0.05, 0) is 48.2 Å². The summed E-state index contributed by atoms with van der Waals surface area (Å²) in [7, 11) is -3.42. The highest BCUT2D eigenvalue weighted by atomic mass is 32.2. The third-order valence-corrected chi connectivity index (χ3v) is 5.08. The molecule has 3 N–H and O–H groups in total. The smallest absolute Gasteiger partial charge is 0.240 e. The molecule has 0 heterocycles. The number of hydrogen-bond donors (Lipinski definition) is 2. The molecule has 0 unspecified atom stereocenters. The van der Waals surface area contributed by atoms with Crippen LogP contribution in [-0.2, 0) is 10.0 Å². The van der Waals surface area contributed by atoms with E-state index in [0.717, 1.165) is 35.2 Å². The molecule has 2 aromatic carbocycles. The van der Waals surface area contributed by atoms with Gasteiger partial charge in [-0.3, -0.25) is 0 Å². The fraction of sp³-hybridized carbons (Fsp3) is 0.294. The van der Waals surface area contributed by atoms with Gasteiger partial charge in [-0.25, -0.2) is 13.1 Å². The van der Waals surface area contributed by atoms with Gasteiger partial charge >= 0.3 is 0 Å². The van der Waals surface area contributed by atoms with E-state index in [-0.39, 0.29) is 4.90 Å². The Labute approximate surface area is 132 Å². The molecule has 0 aliphatic heterocycles. The largest absolute Gasteiger partial charge is 0.398 e. The number of hydrogen-bond acceptors (Lipinski definition) is 3. The molecule has 0 spiro atoms. The lowest BCUT2D eigenvalue weighted by Crippen LogP contribution is -2.24. The van der Waals surface area contributed by atoms with Crippen molar-refractivity contribution in [1.29, 1.82) is 0 Å². The number of nitrogens with one attached hydrogen (secondary N) is 1. The molecule has 0 saturated heterocycles. The summed E-state index contributed by atoms with van der Waals surface area (Å²) < 4.78 is 26.8. The minimum absolute atomic E-state index is 0.285. The summed E-state index contributed by atoms with van der Waals surface area (Å²) in [6.07, 6.45) is 1.79. The van der Waals surface area contributed by atoms with Gasteiger partial charge < -0.3 is 5.73 Å². The monoisotopic (exact) mass is 318 g/mol. The van der Waals surface area contributed by atoms with E-state index in [4.69, 9.17) is 5.73 Å². The molecule has 5 heteroatoms. The first-order valence-electron chi connectivity index (χ1n) is 7.40. The zero-order chi connectivity index (χ0) is 16.2. The summed E-state index contributed by atoms with van der Waals surface area (Å²) in [5.41, 5.74) is 9.60. The van der Waals surface area contributed by atoms with Crippen LogP contribution in [0.5, 0.6) is 0 Å². The number of anilines is 1. The number of aryl methyl sites for hydroxylation is 1. The van der Waals surface area contributed by atoms with Crippen molar-refractivity contribution >= 4 is 15.7 Å². The molecule has 2 aromatic rings. The van der Waals surface area contributed by atoms with Gasteiger partial charge in [-0.2, -0.15) is 0 Å². The fourth-order valence-corrected chi connectivity index (χ4v) is 3.19. The van der Waals surface area contributed by atoms with Crippen molar-refractivity contribution in [2.75, 3.05) is 12.3 Å². The van der Waals surface area contributed by atoms with Crippen LogP contribution in [-0.4, -0.2) is 15.0 Å². The van der Waals surface area contributed by atoms with E-state index >= 15 is 0 Å². The molecule has 0 radical (unpaired) electrons. The van der Waals surface area contributed by atoms with Crippen molar-refractivity contribution in [2.24, 2.45) is 0 Å². The number of rotatable bonds is 6. The first-order chi connectivity index (χ1) is 10.4. The summed E-state index contributed by atoms with van der Waals surface area (Å²) in [5, 5.41) is 0. The lowest BCUT2D eigenvalue weighted by molar-refractivity contribution is 0.578. The zero-order valence-corrected chi connectivity index (χ0v) is 13.8. The number of benzene rings is 2. The first kappa shape index (κ1) is 16.5. The predicted molar refractivity (Wildman–Crippen MR) is 91.1 cm³/mol. The molecule has 0 fully saturated rings. The highest BCUT2D eigenvalue weighted by molar-refractivity contribution is 7.89. The maximum atomic E-state index is 12.1. The predicted octanol–water partition coefficient (Wildman–Crippen LogP) is 3.32. The molecule has 2 rings (SSSR count). The zero-order valence-electron chi connectivity index (χ0n) is 13.0. The normalized spacial score (nSPS) is 11.5. The number of nitrogen functional groups attached to an aromatic ring is 1. The van der Waals surface area contributed by atoms with Gasteiger partial charge in [0, 0.05) is 12.2 Å². The van der Waals surface area contributed by atoms with Crippen molar-refractivity contribution in [3.8, 4) is 11.1 Å². The molecule has 0 aromatic heterocycles. The molecule has 118 valence electrons. The van der Waals surface area contributed by atoms with E-state index in [1.54, 1.807) is 24.3 Å². The van der Waals surface area contributed by atoms with Crippen LogP contribution in [0.15, 0.2) is 47.4 Å². The number of nitrogens with two attached hydrogens (primary N) is 1. The Bertz CT molecular complexity index is 738. The van der Waals surface area contributed by atoms with E-state index in [9.17, 15) is 8.42 Å². The Balaban J connectivity index is 2.21. The first-order valence-corrected chi connectivity index (χ1v) is 8.88. The molecule has 0 amide bonds. The maximum Gasteiger partial charge on any atom is 0.240 e. The van der Waals surface area contributed by atoms with Gasteiger partial charge in [0.25, 0.3) is 0 Å². The second kappa shape index (κ2) is 6.94. The molecule has 0 bridgehead atoms. The van der Waals surface area contributed by atoms with Gasteiger partial charge in [-0.1, -0.05) is 37.6 Å². The Morgan fingerprint density at radius 1 is 1.05 bits per heavy atom. The van der Waals surface area contributed by atoms with Crippen molar-refractivity contribution < 1.29 is 8.42 Å². The second-order valence-corrected chi connectivity index (χ2v) is 7.11. The lowest BCUT2D eigenvalue weighted by Gasteiger charge is -2.08. The number of unbranched alkanes of at least 4 members (excludes halogenated alkanes) is 1. The van der Waals surface area contributed by atoms with Crippen LogP contribution >= 0.6 is 0 Å². The molecule has 0 aliphatic rings. The van der Waals surface area contributed by atoms with Crippen LogP contribution in [0, 0.1) is 6.92 Å². The van der Waals surface area contributed by atoms with Crippen LogP contribution in [0.1, 0.15) is 25.3 Å². The highest BCUT2D eigenvalue weighted by Crippen LogP contribution is 2.24. The SMILES string of the molecule is CCCCNS(=O)(=O)c1ccc(-c2ccc(C)c(N)c2)cc1. The standard InChI is InChI=1S/C17H22N2O2S/c1-3-4-11-19-22(20,21)16-9-7-14(8-10-16)15-6-5-13(2)17(18)12-15/h5-10,12,19H,3-4,11,18H2,1-2H3. The third-order valence-electron chi connectivity index (χ3n) is 3.60. The summed E-state index contributed by atoms with van der Waals surface area (Å²) >= 11 is 0. The molecule has 0 atom stereocenters. The van der Waals surface area contributed by atoms with Crippen molar-refractivity contribution in [2.45, 2.75) is 31.6 Å². The Morgan fingerprint density at radius 3 is 2.27 bits per heavy atom. The lowest BCUT2D eigenvalue weighted by atomic mass is 10.0. The van der Waals surface area contributed by atoms with Crippen molar-refractivity contribution in [1.82, 2.24) is 4.72 Å². The third kappa shape index (κ3) is 3.87. The Kier molecular flexibility index (Phi) is 5.21. The molecular weight excluding hydrogens is 296 g/mol. The molecule has 0 aliphatic carbocycles. The van der Waals surface area contributed by atoms with Gasteiger partial charge in [-0.15, -0.1) is 0 Å². The average Bonchev–Trinajstić information content (AvgIpc) is 2.50. The van der Waals surface area contributed by atoms with E-state index in [0.29, 0.717) is 6.54 Å². The Morgan fingerprint density at radius 2 is 1.68 bits per heavy atom. The maximum absolute atomic E-state index is 12.1. The quantitative estimate of drug-likeness (QED) is 0.634. The van der Waals surface area contributed by atoms with Crippen LogP contribution in [0.4, 0.5) is 5.69 Å². The Hall–Kier alpha value is -1.85. The summed E-state index contributed by atoms with van der Waals surface area (Å²) in [5.74, 6) is 0. The summed E-state index contributed by atoms with van der Waals surface area (Å²) in [6, 6.07) is 12.7. The topological polar surface area (TPSA) is 72.2 Å². The van der Waals surface area contributed by atoms with Gasteiger partial charge in [0.15, 0.2) is 0 Å². The van der Waals surface area contributed by atoms with Gasteiger partial charge in [0.1, 0.15) is 0 Å². The minimum Gasteiger partial charge on any atom is -0.398 e. The van der Waals surface area contributed by atoms with E-state index in [1.165, 1.54) is 0 Å². The summed E-state index contributed by atoms with van der Waals surface area (Å²) in [4.78, 5) is 0.285. The van der Waals surface area contributed by atoms with Crippen LogP contribution in [0.25, 0.3) is 11.1 Å². The van der Waals surface area contributed by atoms with Gasteiger partial charge in [0.2, 0.25) is 10.0 Å². The second-order valence-electron chi connectivity index (χ2n) is 5.35. The van der Waals surface area contributed by atoms with Crippen LogP contribution < -0.4 is 10.5 Å². The molecule has 4 nitrogen and oxygen atoms in total. The van der Waals surface area contributed by atoms with Crippen molar-refractivity contribution in [3.05, 3.63) is 48.0 Å². The highest BCUT2D eigenvalue weighted by Gasteiger charge is 2.13. The minimum atomic E-state index is -3.42. The average molecular weight is 318 g/mol. The molecular formula is C17H22N2O2S. The van der Waals surface area contributed by atoms with Crippen molar-refractivity contribution in [3.63, 3.8) is 0 Å². The molecule has 0 saturated carbocycles.